The predicted octanol–water partition coefficient (Wildman–Crippen LogP) is 1.56. The molecule has 2 rings (SSSR count). The minimum atomic E-state index is 0. The van der Waals surface area contributed by atoms with Crippen LogP contribution in [0.25, 0.3) is 0 Å². The van der Waals surface area contributed by atoms with Crippen molar-refractivity contribution in [3.63, 3.8) is 0 Å². The minimum Gasteiger partial charge on any atom is -0.324 e. The van der Waals surface area contributed by atoms with E-state index in [2.05, 4.69) is 38.1 Å². The van der Waals surface area contributed by atoms with Gasteiger partial charge in [-0.3, -0.25) is 9.69 Å². The van der Waals surface area contributed by atoms with Crippen LogP contribution in [0, 0.1) is 3.57 Å². The van der Waals surface area contributed by atoms with Gasteiger partial charge in [0.1, 0.15) is 0 Å². The van der Waals surface area contributed by atoms with Crippen LogP contribution in [0.5, 0.6) is 0 Å². The molecule has 0 aliphatic carbocycles. The lowest BCUT2D eigenvalue weighted by atomic mass is 10.1. The van der Waals surface area contributed by atoms with Gasteiger partial charge >= 0.3 is 0 Å². The zero-order valence-electron chi connectivity index (χ0n) is 10.1. The molecule has 6 heteroatoms. The van der Waals surface area contributed by atoms with E-state index in [1.54, 1.807) is 0 Å². The van der Waals surface area contributed by atoms with Crippen LogP contribution in [0.15, 0.2) is 24.3 Å². The third-order valence-electron chi connectivity index (χ3n) is 2.92. The predicted molar refractivity (Wildman–Crippen MR) is 84.3 cm³/mol. The largest absolute Gasteiger partial charge is 0.324 e. The number of amides is 1. The van der Waals surface area contributed by atoms with Crippen molar-refractivity contribution in [3.8, 4) is 0 Å². The van der Waals surface area contributed by atoms with Gasteiger partial charge in [-0.1, -0.05) is 12.1 Å². The maximum Gasteiger partial charge on any atom is 0.238 e. The van der Waals surface area contributed by atoms with Gasteiger partial charge < -0.3 is 10.6 Å². The highest BCUT2D eigenvalue weighted by atomic mass is 127. The summed E-state index contributed by atoms with van der Waals surface area (Å²) in [6, 6.07) is 8.29. The summed E-state index contributed by atoms with van der Waals surface area (Å²) in [6.45, 7) is 2.40. The Hall–Kier alpha value is -0.370. The zero-order chi connectivity index (χ0) is 12.3. The van der Waals surface area contributed by atoms with Crippen molar-refractivity contribution in [2.45, 2.75) is 6.04 Å². The van der Waals surface area contributed by atoms with Gasteiger partial charge in [0.2, 0.25) is 5.91 Å². The van der Waals surface area contributed by atoms with Crippen LogP contribution in [0.3, 0.4) is 0 Å². The van der Waals surface area contributed by atoms with Gasteiger partial charge in [0.15, 0.2) is 0 Å². The van der Waals surface area contributed by atoms with Gasteiger partial charge in [-0.15, -0.1) is 12.4 Å². The van der Waals surface area contributed by atoms with Crippen molar-refractivity contribution < 1.29 is 4.79 Å². The van der Waals surface area contributed by atoms with Crippen LogP contribution in [0.2, 0.25) is 0 Å². The van der Waals surface area contributed by atoms with Crippen LogP contribution in [-0.4, -0.2) is 43.5 Å². The fourth-order valence-corrected chi connectivity index (χ4v) is 2.22. The molecule has 1 heterocycles. The van der Waals surface area contributed by atoms with E-state index in [0.29, 0.717) is 12.6 Å². The number of benzene rings is 1. The quantitative estimate of drug-likeness (QED) is 0.778. The number of nitrogens with one attached hydrogen (secondary N) is 2. The fraction of sp³-hybridized carbons (Fsp3) is 0.417. The number of carbonyl (C=O) groups excluding carboxylic acids is 1. The molecule has 0 unspecified atom stereocenters. The molecule has 100 valence electrons. The minimum absolute atomic E-state index is 0. The Morgan fingerprint density at radius 2 is 2.17 bits per heavy atom. The SMILES string of the molecule is CN(CC(=O)Nc1ccccc1I)C1CNC1.Cl. The first-order valence-corrected chi connectivity index (χ1v) is 6.70. The summed E-state index contributed by atoms with van der Waals surface area (Å²) in [5.74, 6) is 0.0449. The van der Waals surface area contributed by atoms with Gasteiger partial charge in [-0.05, 0) is 41.8 Å². The molecular weight excluding hydrogens is 365 g/mol. The molecule has 18 heavy (non-hydrogen) atoms. The number of hydrogen-bond acceptors (Lipinski definition) is 3. The summed E-state index contributed by atoms with van der Waals surface area (Å²) in [5.41, 5.74) is 0.887. The number of anilines is 1. The van der Waals surface area contributed by atoms with Gasteiger partial charge in [-0.25, -0.2) is 0 Å². The monoisotopic (exact) mass is 381 g/mol. The maximum atomic E-state index is 11.8. The van der Waals surface area contributed by atoms with E-state index in [1.807, 2.05) is 31.3 Å². The average Bonchev–Trinajstić information content (AvgIpc) is 2.18. The highest BCUT2D eigenvalue weighted by molar-refractivity contribution is 14.1. The molecule has 1 aromatic rings. The standard InChI is InChI=1S/C12H16IN3O.ClH/c1-16(9-6-14-7-9)8-12(17)15-11-5-3-2-4-10(11)13;/h2-5,9,14H,6-8H2,1H3,(H,15,17);1H. The normalized spacial score (nSPS) is 14.8. The third-order valence-corrected chi connectivity index (χ3v) is 3.86. The molecule has 0 atom stereocenters. The lowest BCUT2D eigenvalue weighted by Crippen LogP contribution is -2.57. The van der Waals surface area contributed by atoms with Crippen molar-refractivity contribution >= 4 is 46.6 Å². The molecule has 0 spiro atoms. The molecular formula is C12H17ClIN3O. The fourth-order valence-electron chi connectivity index (χ4n) is 1.69. The highest BCUT2D eigenvalue weighted by Gasteiger charge is 2.22. The van der Waals surface area contributed by atoms with Crippen LogP contribution in [0.1, 0.15) is 0 Å². The van der Waals surface area contributed by atoms with Gasteiger partial charge in [-0.2, -0.15) is 0 Å². The van der Waals surface area contributed by atoms with E-state index < -0.39 is 0 Å². The molecule has 1 saturated heterocycles. The Labute approximate surface area is 127 Å². The van der Waals surface area contributed by atoms with Crippen molar-refractivity contribution in [1.29, 1.82) is 0 Å². The summed E-state index contributed by atoms with van der Waals surface area (Å²) >= 11 is 2.22. The number of likely N-dealkylation sites (N-methyl/N-ethyl adjacent to an activating group) is 1. The smallest absolute Gasteiger partial charge is 0.238 e. The Bertz CT molecular complexity index is 412. The summed E-state index contributed by atoms with van der Waals surface area (Å²) in [6.07, 6.45) is 0. The second-order valence-corrected chi connectivity index (χ2v) is 5.42. The molecule has 1 amide bonds. The summed E-state index contributed by atoms with van der Waals surface area (Å²) < 4.78 is 1.06. The topological polar surface area (TPSA) is 44.4 Å². The number of carbonyl (C=O) groups is 1. The number of para-hydroxylation sites is 1. The van der Waals surface area contributed by atoms with Crippen LogP contribution in [-0.2, 0) is 4.79 Å². The van der Waals surface area contributed by atoms with Gasteiger partial charge in [0, 0.05) is 22.7 Å². The molecule has 0 aromatic heterocycles. The van der Waals surface area contributed by atoms with Crippen molar-refractivity contribution in [1.82, 2.24) is 10.2 Å². The first kappa shape index (κ1) is 15.7. The maximum absolute atomic E-state index is 11.8. The van der Waals surface area contributed by atoms with E-state index in [9.17, 15) is 4.79 Å². The summed E-state index contributed by atoms with van der Waals surface area (Å²) in [4.78, 5) is 13.9. The molecule has 4 nitrogen and oxygen atoms in total. The molecule has 1 aliphatic rings. The van der Waals surface area contributed by atoms with Crippen molar-refractivity contribution in [2.75, 3.05) is 32.0 Å². The molecule has 2 N–H and O–H groups in total. The molecule has 0 bridgehead atoms. The number of hydrogen-bond donors (Lipinski definition) is 2. The number of halogens is 2. The molecule has 0 radical (unpaired) electrons. The average molecular weight is 382 g/mol. The van der Waals surface area contributed by atoms with E-state index in [4.69, 9.17) is 0 Å². The van der Waals surface area contributed by atoms with Crippen LogP contribution >= 0.6 is 35.0 Å². The third kappa shape index (κ3) is 4.08. The lowest BCUT2D eigenvalue weighted by molar-refractivity contribution is -0.117. The second-order valence-electron chi connectivity index (χ2n) is 4.26. The van der Waals surface area contributed by atoms with Crippen molar-refractivity contribution in [3.05, 3.63) is 27.8 Å². The molecule has 0 saturated carbocycles. The second kappa shape index (κ2) is 7.28. The Balaban J connectivity index is 0.00000162. The summed E-state index contributed by atoms with van der Waals surface area (Å²) in [5, 5.41) is 6.14. The zero-order valence-corrected chi connectivity index (χ0v) is 13.1. The van der Waals surface area contributed by atoms with Gasteiger partial charge in [0.25, 0.3) is 0 Å². The van der Waals surface area contributed by atoms with E-state index in [0.717, 1.165) is 22.3 Å². The van der Waals surface area contributed by atoms with Crippen molar-refractivity contribution in [2.24, 2.45) is 0 Å². The van der Waals surface area contributed by atoms with Crippen LogP contribution in [0.4, 0.5) is 5.69 Å². The first-order chi connectivity index (χ1) is 8.16. The highest BCUT2D eigenvalue weighted by Crippen LogP contribution is 2.16. The molecule has 1 aromatic carbocycles. The number of nitrogens with zero attached hydrogens (tertiary/aromatic N) is 1. The van der Waals surface area contributed by atoms with Crippen LogP contribution < -0.4 is 10.6 Å². The molecule has 1 aliphatic heterocycles. The lowest BCUT2D eigenvalue weighted by Gasteiger charge is -2.35. The Morgan fingerprint density at radius 1 is 1.50 bits per heavy atom. The summed E-state index contributed by atoms with van der Waals surface area (Å²) in [7, 11) is 1.99. The molecule has 1 fully saturated rings. The Kier molecular flexibility index (Phi) is 6.34. The van der Waals surface area contributed by atoms with Gasteiger partial charge in [0.05, 0.1) is 12.2 Å². The van der Waals surface area contributed by atoms with E-state index in [1.165, 1.54) is 0 Å². The van der Waals surface area contributed by atoms with E-state index >= 15 is 0 Å². The first-order valence-electron chi connectivity index (χ1n) is 5.62. The van der Waals surface area contributed by atoms with E-state index in [-0.39, 0.29) is 18.3 Å². The number of rotatable bonds is 4. The Morgan fingerprint density at radius 3 is 2.72 bits per heavy atom.